The molecule has 0 unspecified atom stereocenters. The second-order valence-electron chi connectivity index (χ2n) is 7.20. The van der Waals surface area contributed by atoms with Crippen LogP contribution >= 0.6 is 0 Å². The maximum Gasteiger partial charge on any atom is 0.573 e. The lowest BCUT2D eigenvalue weighted by atomic mass is 9.91. The summed E-state index contributed by atoms with van der Waals surface area (Å²) in [6.07, 6.45) is -6.27. The molecule has 31 heavy (non-hydrogen) atoms. The van der Waals surface area contributed by atoms with Crippen molar-refractivity contribution in [3.05, 3.63) is 41.5 Å². The Balaban J connectivity index is 1.91. The van der Waals surface area contributed by atoms with E-state index in [4.69, 9.17) is 19.6 Å². The Labute approximate surface area is 175 Å². The number of methoxy groups -OCH3 is 1. The summed E-state index contributed by atoms with van der Waals surface area (Å²) in [5, 5.41) is 8.03. The molecule has 10 heteroatoms. The van der Waals surface area contributed by atoms with Crippen LogP contribution < -0.4 is 18.9 Å². The Bertz CT molecular complexity index is 982. The highest BCUT2D eigenvalue weighted by Crippen LogP contribution is 2.42. The van der Waals surface area contributed by atoms with E-state index in [9.17, 15) is 22.0 Å². The molecule has 0 spiro atoms. The van der Waals surface area contributed by atoms with Crippen LogP contribution in [0.25, 0.3) is 0 Å². The van der Waals surface area contributed by atoms with Crippen molar-refractivity contribution in [2.45, 2.75) is 45.1 Å². The van der Waals surface area contributed by atoms with Crippen LogP contribution in [0.5, 0.6) is 28.7 Å². The van der Waals surface area contributed by atoms with Crippen molar-refractivity contribution in [2.75, 3.05) is 7.11 Å². The molecule has 0 amide bonds. The Morgan fingerprint density at radius 2 is 1.68 bits per heavy atom. The van der Waals surface area contributed by atoms with Gasteiger partial charge in [-0.05, 0) is 37.6 Å². The van der Waals surface area contributed by atoms with Crippen molar-refractivity contribution in [1.29, 1.82) is 5.41 Å². The van der Waals surface area contributed by atoms with E-state index < -0.39 is 24.1 Å². The number of aryl methyl sites for hydroxylation is 1. The first-order chi connectivity index (χ1) is 14.4. The van der Waals surface area contributed by atoms with Crippen molar-refractivity contribution < 1.29 is 40.9 Å². The van der Waals surface area contributed by atoms with Gasteiger partial charge in [0, 0.05) is 36.2 Å². The lowest BCUT2D eigenvalue weighted by molar-refractivity contribution is -0.274. The summed E-state index contributed by atoms with van der Waals surface area (Å²) in [4.78, 5) is 0. The lowest BCUT2D eigenvalue weighted by Crippen LogP contribution is -2.43. The highest BCUT2D eigenvalue weighted by Gasteiger charge is 2.47. The van der Waals surface area contributed by atoms with Gasteiger partial charge < -0.3 is 24.4 Å². The van der Waals surface area contributed by atoms with Crippen molar-refractivity contribution in [1.82, 2.24) is 0 Å². The van der Waals surface area contributed by atoms with Crippen LogP contribution in [0.4, 0.5) is 22.0 Å². The van der Waals surface area contributed by atoms with Gasteiger partial charge in [-0.25, -0.2) is 8.78 Å². The number of hydrogen-bond donors (Lipinski definition) is 1. The van der Waals surface area contributed by atoms with Crippen LogP contribution in [-0.4, -0.2) is 31.2 Å². The van der Waals surface area contributed by atoms with Gasteiger partial charge in [0.25, 0.3) is 5.92 Å². The normalized spacial score (nSPS) is 15.7. The molecule has 0 aliphatic heterocycles. The van der Waals surface area contributed by atoms with E-state index in [1.165, 1.54) is 19.2 Å². The fourth-order valence-corrected chi connectivity index (χ4v) is 3.28. The number of benzene rings is 2. The molecule has 1 fully saturated rings. The predicted molar refractivity (Wildman–Crippen MR) is 102 cm³/mol. The van der Waals surface area contributed by atoms with Crippen molar-refractivity contribution in [2.24, 2.45) is 0 Å². The highest BCUT2D eigenvalue weighted by atomic mass is 19.4. The third-order valence-electron chi connectivity index (χ3n) is 4.59. The molecule has 3 rings (SSSR count). The van der Waals surface area contributed by atoms with E-state index in [2.05, 4.69) is 4.74 Å². The van der Waals surface area contributed by atoms with Gasteiger partial charge in [0.05, 0.1) is 7.11 Å². The van der Waals surface area contributed by atoms with Gasteiger partial charge in [0.1, 0.15) is 23.4 Å². The van der Waals surface area contributed by atoms with Crippen LogP contribution in [-0.2, 0) is 0 Å². The number of hydrogen-bond acceptors (Lipinski definition) is 5. The maximum absolute atomic E-state index is 13.1. The Morgan fingerprint density at radius 1 is 1.03 bits per heavy atom. The summed E-state index contributed by atoms with van der Waals surface area (Å²) >= 11 is 0. The van der Waals surface area contributed by atoms with E-state index in [0.29, 0.717) is 11.1 Å². The quantitative estimate of drug-likeness (QED) is 0.404. The Morgan fingerprint density at radius 3 is 2.23 bits per heavy atom. The van der Waals surface area contributed by atoms with Gasteiger partial charge >= 0.3 is 6.36 Å². The number of ether oxygens (including phenoxy) is 4. The van der Waals surface area contributed by atoms with Gasteiger partial charge in [-0.15, -0.1) is 13.2 Å². The fourth-order valence-electron chi connectivity index (χ4n) is 3.28. The SMILES string of the molecule is COc1cc(OC(F)(F)F)ccc1Oc1cc(OC2CC(F)(F)C2)cc(C)c1C(C)=N. The lowest BCUT2D eigenvalue weighted by Gasteiger charge is -2.35. The highest BCUT2D eigenvalue weighted by molar-refractivity contribution is 6.00. The summed E-state index contributed by atoms with van der Waals surface area (Å²) in [5.74, 6) is -2.72. The van der Waals surface area contributed by atoms with Gasteiger partial charge in [-0.1, -0.05) is 0 Å². The molecule has 1 N–H and O–H groups in total. The topological polar surface area (TPSA) is 60.8 Å². The fraction of sp³-hybridized carbons (Fsp3) is 0.381. The zero-order valence-electron chi connectivity index (χ0n) is 16.9. The summed E-state index contributed by atoms with van der Waals surface area (Å²) < 4.78 is 84.0. The summed E-state index contributed by atoms with van der Waals surface area (Å²) in [6.45, 7) is 3.25. The minimum absolute atomic E-state index is 0.0297. The monoisotopic (exact) mass is 445 g/mol. The molecule has 0 heterocycles. The van der Waals surface area contributed by atoms with Gasteiger partial charge in [0.15, 0.2) is 11.5 Å². The second-order valence-corrected chi connectivity index (χ2v) is 7.20. The third-order valence-corrected chi connectivity index (χ3v) is 4.59. The molecule has 5 nitrogen and oxygen atoms in total. The van der Waals surface area contributed by atoms with Crippen molar-refractivity contribution in [3.8, 4) is 28.7 Å². The van der Waals surface area contributed by atoms with Crippen LogP contribution in [0.2, 0.25) is 0 Å². The van der Waals surface area contributed by atoms with Crippen molar-refractivity contribution in [3.63, 3.8) is 0 Å². The van der Waals surface area contributed by atoms with E-state index in [1.54, 1.807) is 19.9 Å². The number of alkyl halides is 5. The molecule has 1 aliphatic rings. The molecule has 2 aromatic rings. The molecule has 168 valence electrons. The van der Waals surface area contributed by atoms with Crippen LogP contribution in [0, 0.1) is 12.3 Å². The Kier molecular flexibility index (Phi) is 6.02. The van der Waals surface area contributed by atoms with Gasteiger partial charge in [-0.3, -0.25) is 0 Å². The standard InChI is InChI=1S/C21H20F5NO4/c1-11-6-14(29-15-9-20(22,23)10-15)8-18(19(11)12(2)27)30-16-5-4-13(7-17(16)28-3)31-21(24,25)26/h4-8,15,27H,9-10H2,1-3H3. The molecule has 0 saturated heterocycles. The average Bonchev–Trinajstić information content (AvgIpc) is 2.59. The summed E-state index contributed by atoms with van der Waals surface area (Å²) in [5.41, 5.74) is 1.22. The zero-order valence-corrected chi connectivity index (χ0v) is 16.9. The average molecular weight is 445 g/mol. The molecule has 0 atom stereocenters. The number of nitrogens with one attached hydrogen (secondary N) is 1. The van der Waals surface area contributed by atoms with Crippen LogP contribution in [0.1, 0.15) is 30.9 Å². The molecule has 1 aliphatic carbocycles. The maximum atomic E-state index is 13.1. The minimum atomic E-state index is -4.86. The number of rotatable bonds is 7. The molecule has 1 saturated carbocycles. The second kappa shape index (κ2) is 8.24. The predicted octanol–water partition coefficient (Wildman–Crippen LogP) is 6.26. The molecule has 0 bridgehead atoms. The van der Waals surface area contributed by atoms with Gasteiger partial charge in [0.2, 0.25) is 0 Å². The molecular weight excluding hydrogens is 425 g/mol. The van der Waals surface area contributed by atoms with E-state index in [0.717, 1.165) is 12.1 Å². The molecule has 0 radical (unpaired) electrons. The first-order valence-corrected chi connectivity index (χ1v) is 9.23. The van der Waals surface area contributed by atoms with E-state index in [1.807, 2.05) is 0 Å². The first kappa shape index (κ1) is 22.6. The van der Waals surface area contributed by atoms with Gasteiger partial charge in [-0.2, -0.15) is 0 Å². The van der Waals surface area contributed by atoms with Crippen LogP contribution in [0.15, 0.2) is 30.3 Å². The van der Waals surface area contributed by atoms with E-state index >= 15 is 0 Å². The summed E-state index contributed by atoms with van der Waals surface area (Å²) in [6, 6.07) is 6.39. The largest absolute Gasteiger partial charge is 0.573 e. The summed E-state index contributed by atoms with van der Waals surface area (Å²) in [7, 11) is 1.25. The molecule has 2 aromatic carbocycles. The minimum Gasteiger partial charge on any atom is -0.493 e. The van der Waals surface area contributed by atoms with E-state index in [-0.39, 0.29) is 41.6 Å². The molecular formula is C21H20F5NO4. The number of halogens is 5. The third kappa shape index (κ3) is 5.56. The first-order valence-electron chi connectivity index (χ1n) is 9.23. The Hall–Kier alpha value is -3.04. The smallest absolute Gasteiger partial charge is 0.493 e. The zero-order chi connectivity index (χ0) is 23.0. The molecule has 0 aromatic heterocycles. The van der Waals surface area contributed by atoms with Crippen LogP contribution in [0.3, 0.4) is 0 Å². The van der Waals surface area contributed by atoms with Crippen molar-refractivity contribution >= 4 is 5.71 Å².